The number of aryl methyl sites for hydroxylation is 1. The number of amides is 1. The zero-order chi connectivity index (χ0) is 16.8. The fourth-order valence-corrected chi connectivity index (χ4v) is 3.67. The number of ether oxygens (including phenoxy) is 1. The lowest BCUT2D eigenvalue weighted by Crippen LogP contribution is -2.51. The molecule has 132 valence electrons. The van der Waals surface area contributed by atoms with Crippen molar-refractivity contribution in [1.29, 1.82) is 0 Å². The van der Waals surface area contributed by atoms with Crippen molar-refractivity contribution in [2.24, 2.45) is 0 Å². The number of hydrogen-bond donors (Lipinski definition) is 2. The van der Waals surface area contributed by atoms with Crippen molar-refractivity contribution in [2.75, 3.05) is 52.5 Å². The standard InChI is InChI=1S/C19H29N3O2/c1-16-2-4-17(5-3-16)19(6-14-24-15-7-19)18(23)21-10-13-22-11-8-20-9-12-22/h2-5,20H,6-15H2,1H3,(H,21,23). The van der Waals surface area contributed by atoms with Gasteiger partial charge in [0.2, 0.25) is 5.91 Å². The molecule has 0 atom stereocenters. The Balaban J connectivity index is 1.64. The molecule has 1 aromatic rings. The number of carbonyl (C=O) groups is 1. The monoisotopic (exact) mass is 331 g/mol. The lowest BCUT2D eigenvalue weighted by Gasteiger charge is -2.36. The molecule has 0 bridgehead atoms. The fraction of sp³-hybridized carbons (Fsp3) is 0.632. The molecule has 2 heterocycles. The van der Waals surface area contributed by atoms with Crippen molar-refractivity contribution < 1.29 is 9.53 Å². The molecule has 0 aromatic heterocycles. The van der Waals surface area contributed by atoms with Gasteiger partial charge in [-0.3, -0.25) is 9.69 Å². The molecule has 1 amide bonds. The molecule has 1 aromatic carbocycles. The van der Waals surface area contributed by atoms with Crippen LogP contribution in [0.5, 0.6) is 0 Å². The summed E-state index contributed by atoms with van der Waals surface area (Å²) in [5.74, 6) is 0.157. The van der Waals surface area contributed by atoms with Crippen LogP contribution in [0.25, 0.3) is 0 Å². The van der Waals surface area contributed by atoms with Gasteiger partial charge in [0, 0.05) is 52.5 Å². The molecule has 0 radical (unpaired) electrons. The van der Waals surface area contributed by atoms with Crippen LogP contribution in [-0.2, 0) is 14.9 Å². The summed E-state index contributed by atoms with van der Waals surface area (Å²) in [4.78, 5) is 15.5. The Morgan fingerprint density at radius 1 is 1.21 bits per heavy atom. The summed E-state index contributed by atoms with van der Waals surface area (Å²) in [5, 5.41) is 6.55. The van der Waals surface area contributed by atoms with E-state index >= 15 is 0 Å². The van der Waals surface area contributed by atoms with Crippen LogP contribution in [0.4, 0.5) is 0 Å². The van der Waals surface area contributed by atoms with Gasteiger partial charge in [0.25, 0.3) is 0 Å². The minimum atomic E-state index is -0.435. The van der Waals surface area contributed by atoms with Crippen LogP contribution < -0.4 is 10.6 Å². The van der Waals surface area contributed by atoms with Crippen LogP contribution in [0, 0.1) is 6.92 Å². The van der Waals surface area contributed by atoms with Crippen molar-refractivity contribution in [3.8, 4) is 0 Å². The van der Waals surface area contributed by atoms with Crippen LogP contribution in [0.2, 0.25) is 0 Å². The summed E-state index contributed by atoms with van der Waals surface area (Å²) in [6, 6.07) is 8.41. The molecule has 2 saturated heterocycles. The Labute approximate surface area is 144 Å². The maximum absolute atomic E-state index is 13.0. The number of nitrogens with one attached hydrogen (secondary N) is 2. The predicted octanol–water partition coefficient (Wildman–Crippen LogP) is 1.06. The van der Waals surface area contributed by atoms with Gasteiger partial charge < -0.3 is 15.4 Å². The van der Waals surface area contributed by atoms with Gasteiger partial charge in [0.1, 0.15) is 0 Å². The highest BCUT2D eigenvalue weighted by atomic mass is 16.5. The lowest BCUT2D eigenvalue weighted by molar-refractivity contribution is -0.130. The third-order valence-electron chi connectivity index (χ3n) is 5.31. The smallest absolute Gasteiger partial charge is 0.230 e. The Morgan fingerprint density at radius 3 is 2.54 bits per heavy atom. The SMILES string of the molecule is Cc1ccc(C2(C(=O)NCCN3CCNCC3)CCOCC2)cc1. The number of piperazine rings is 1. The normalized spacial score (nSPS) is 21.4. The average Bonchev–Trinajstić information content (AvgIpc) is 2.63. The summed E-state index contributed by atoms with van der Waals surface area (Å²) in [7, 11) is 0. The van der Waals surface area contributed by atoms with E-state index in [-0.39, 0.29) is 5.91 Å². The molecule has 24 heavy (non-hydrogen) atoms. The van der Waals surface area contributed by atoms with E-state index in [1.807, 2.05) is 0 Å². The van der Waals surface area contributed by atoms with Crippen LogP contribution in [0.15, 0.2) is 24.3 Å². The number of nitrogens with zero attached hydrogens (tertiary/aromatic N) is 1. The van der Waals surface area contributed by atoms with Crippen molar-refractivity contribution >= 4 is 5.91 Å². The fourth-order valence-electron chi connectivity index (χ4n) is 3.67. The Hall–Kier alpha value is -1.43. The molecular weight excluding hydrogens is 302 g/mol. The Morgan fingerprint density at radius 2 is 1.88 bits per heavy atom. The summed E-state index contributed by atoms with van der Waals surface area (Å²) >= 11 is 0. The van der Waals surface area contributed by atoms with Crippen molar-refractivity contribution in [3.63, 3.8) is 0 Å². The summed E-state index contributed by atoms with van der Waals surface area (Å²) in [6.07, 6.45) is 1.52. The predicted molar refractivity (Wildman–Crippen MR) is 95.2 cm³/mol. The summed E-state index contributed by atoms with van der Waals surface area (Å²) in [6.45, 7) is 9.23. The third kappa shape index (κ3) is 3.97. The van der Waals surface area contributed by atoms with E-state index in [1.165, 1.54) is 5.56 Å². The topological polar surface area (TPSA) is 53.6 Å². The van der Waals surface area contributed by atoms with Crippen molar-refractivity contribution in [3.05, 3.63) is 35.4 Å². The van der Waals surface area contributed by atoms with Crippen LogP contribution in [-0.4, -0.2) is 63.3 Å². The molecule has 2 aliphatic rings. The van der Waals surface area contributed by atoms with E-state index in [0.717, 1.165) is 51.1 Å². The first-order valence-corrected chi connectivity index (χ1v) is 9.07. The van der Waals surface area contributed by atoms with Gasteiger partial charge in [-0.2, -0.15) is 0 Å². The van der Waals surface area contributed by atoms with Gasteiger partial charge in [-0.05, 0) is 25.3 Å². The van der Waals surface area contributed by atoms with Crippen LogP contribution in [0.1, 0.15) is 24.0 Å². The van der Waals surface area contributed by atoms with Crippen molar-refractivity contribution in [1.82, 2.24) is 15.5 Å². The van der Waals surface area contributed by atoms with Gasteiger partial charge in [0.15, 0.2) is 0 Å². The van der Waals surface area contributed by atoms with Gasteiger partial charge in [-0.15, -0.1) is 0 Å². The molecule has 2 N–H and O–H groups in total. The molecular formula is C19H29N3O2. The van der Waals surface area contributed by atoms with Crippen LogP contribution in [0.3, 0.4) is 0 Å². The second-order valence-electron chi connectivity index (χ2n) is 6.91. The highest BCUT2D eigenvalue weighted by Crippen LogP contribution is 2.35. The van der Waals surface area contributed by atoms with Gasteiger partial charge >= 0.3 is 0 Å². The molecule has 3 rings (SSSR count). The highest BCUT2D eigenvalue weighted by Gasteiger charge is 2.41. The lowest BCUT2D eigenvalue weighted by atomic mass is 9.73. The van der Waals surface area contributed by atoms with E-state index in [1.54, 1.807) is 0 Å². The second kappa shape index (κ2) is 8.10. The maximum atomic E-state index is 13.0. The summed E-state index contributed by atoms with van der Waals surface area (Å²) in [5.41, 5.74) is 1.91. The minimum Gasteiger partial charge on any atom is -0.381 e. The van der Waals surface area contributed by atoms with E-state index in [0.29, 0.717) is 19.8 Å². The zero-order valence-corrected chi connectivity index (χ0v) is 14.6. The molecule has 5 nitrogen and oxygen atoms in total. The minimum absolute atomic E-state index is 0.157. The first-order valence-electron chi connectivity index (χ1n) is 9.07. The van der Waals surface area contributed by atoms with E-state index in [2.05, 4.69) is 46.7 Å². The zero-order valence-electron chi connectivity index (χ0n) is 14.6. The Kier molecular flexibility index (Phi) is 5.87. The molecule has 0 saturated carbocycles. The number of carbonyl (C=O) groups excluding carboxylic acids is 1. The number of hydrogen-bond acceptors (Lipinski definition) is 4. The Bertz CT molecular complexity index is 532. The molecule has 0 spiro atoms. The van der Waals surface area contributed by atoms with E-state index < -0.39 is 5.41 Å². The van der Waals surface area contributed by atoms with Gasteiger partial charge in [-0.1, -0.05) is 29.8 Å². The average molecular weight is 331 g/mol. The number of benzene rings is 1. The first kappa shape index (κ1) is 17.4. The quantitative estimate of drug-likeness (QED) is 0.847. The highest BCUT2D eigenvalue weighted by molar-refractivity contribution is 5.88. The maximum Gasteiger partial charge on any atom is 0.230 e. The second-order valence-corrected chi connectivity index (χ2v) is 6.91. The summed E-state index contributed by atoms with van der Waals surface area (Å²) < 4.78 is 5.52. The van der Waals surface area contributed by atoms with E-state index in [9.17, 15) is 4.79 Å². The molecule has 0 aliphatic carbocycles. The first-order chi connectivity index (χ1) is 11.7. The number of rotatable bonds is 5. The van der Waals surface area contributed by atoms with Crippen molar-refractivity contribution in [2.45, 2.75) is 25.2 Å². The van der Waals surface area contributed by atoms with E-state index in [4.69, 9.17) is 4.74 Å². The van der Waals surface area contributed by atoms with Gasteiger partial charge in [0.05, 0.1) is 5.41 Å². The molecule has 2 fully saturated rings. The molecule has 0 unspecified atom stereocenters. The largest absolute Gasteiger partial charge is 0.381 e. The van der Waals surface area contributed by atoms with Crippen LogP contribution >= 0.6 is 0 Å². The third-order valence-corrected chi connectivity index (χ3v) is 5.31. The molecule has 5 heteroatoms. The van der Waals surface area contributed by atoms with Gasteiger partial charge in [-0.25, -0.2) is 0 Å². The molecule has 2 aliphatic heterocycles.